The molecule has 2 aromatic carbocycles. The highest BCUT2D eigenvalue weighted by atomic mass is 16.2. The highest BCUT2D eigenvalue weighted by Crippen LogP contribution is 2.47. The molecule has 1 saturated carbocycles. The zero-order valence-corrected chi connectivity index (χ0v) is 12.9. The van der Waals surface area contributed by atoms with E-state index >= 15 is 0 Å². The molecule has 0 saturated heterocycles. The van der Waals surface area contributed by atoms with Gasteiger partial charge in [-0.3, -0.25) is 4.79 Å². The highest BCUT2D eigenvalue weighted by Gasteiger charge is 2.43. The Kier molecular flexibility index (Phi) is 4.05. The number of carbonyl (C=O) groups excluding carboxylic acids is 1. The van der Waals surface area contributed by atoms with Gasteiger partial charge in [-0.05, 0) is 37.3 Å². The first-order chi connectivity index (χ1) is 10.6. The van der Waals surface area contributed by atoms with Crippen LogP contribution in [0.25, 0.3) is 0 Å². The maximum atomic E-state index is 12.2. The number of rotatable bonds is 4. The Morgan fingerprint density at radius 1 is 1.09 bits per heavy atom. The van der Waals surface area contributed by atoms with Crippen LogP contribution in [0, 0.1) is 12.8 Å². The molecule has 22 heavy (non-hydrogen) atoms. The minimum Gasteiger partial charge on any atom is -0.273 e. The lowest BCUT2D eigenvalue weighted by molar-refractivity contribution is -0.122. The van der Waals surface area contributed by atoms with E-state index in [9.17, 15) is 4.79 Å². The number of nitrogens with zero attached hydrogens (tertiary/aromatic N) is 1. The smallest absolute Gasteiger partial charge is 0.243 e. The van der Waals surface area contributed by atoms with Crippen molar-refractivity contribution in [3.05, 3.63) is 71.3 Å². The predicted molar refractivity (Wildman–Crippen MR) is 88.8 cm³/mol. The molecule has 2 aromatic rings. The Morgan fingerprint density at radius 2 is 1.77 bits per heavy atom. The van der Waals surface area contributed by atoms with Crippen LogP contribution in [0.1, 0.15) is 36.0 Å². The topological polar surface area (TPSA) is 41.5 Å². The minimum atomic E-state index is 0.0142. The number of hydrazone groups is 1. The molecular formula is C19H20N2O. The summed E-state index contributed by atoms with van der Waals surface area (Å²) >= 11 is 0. The van der Waals surface area contributed by atoms with E-state index < -0.39 is 0 Å². The monoisotopic (exact) mass is 292 g/mol. The van der Waals surface area contributed by atoms with E-state index in [-0.39, 0.29) is 11.8 Å². The van der Waals surface area contributed by atoms with E-state index in [1.165, 1.54) is 11.1 Å². The molecule has 3 nitrogen and oxygen atoms in total. The van der Waals surface area contributed by atoms with E-state index in [0.29, 0.717) is 5.92 Å². The third kappa shape index (κ3) is 3.25. The van der Waals surface area contributed by atoms with Gasteiger partial charge < -0.3 is 0 Å². The second-order valence-electron chi connectivity index (χ2n) is 5.90. The fourth-order valence-corrected chi connectivity index (χ4v) is 2.63. The molecule has 1 aliphatic rings. The first-order valence-corrected chi connectivity index (χ1v) is 7.61. The molecule has 1 amide bonds. The predicted octanol–water partition coefficient (Wildman–Crippen LogP) is 3.64. The number of carbonyl (C=O) groups is 1. The van der Waals surface area contributed by atoms with Crippen molar-refractivity contribution in [2.45, 2.75) is 26.2 Å². The number of hydrogen-bond acceptors (Lipinski definition) is 2. The fourth-order valence-electron chi connectivity index (χ4n) is 2.63. The van der Waals surface area contributed by atoms with Crippen LogP contribution in [0.15, 0.2) is 59.7 Å². The number of nitrogens with one attached hydrogen (secondary N) is 1. The summed E-state index contributed by atoms with van der Waals surface area (Å²) in [7, 11) is 0. The van der Waals surface area contributed by atoms with Gasteiger partial charge in [-0.25, -0.2) is 5.43 Å². The highest BCUT2D eigenvalue weighted by molar-refractivity contribution is 5.99. The van der Waals surface area contributed by atoms with Gasteiger partial charge in [-0.15, -0.1) is 0 Å². The summed E-state index contributed by atoms with van der Waals surface area (Å²) < 4.78 is 0. The third-order valence-electron chi connectivity index (χ3n) is 4.16. The zero-order chi connectivity index (χ0) is 15.5. The van der Waals surface area contributed by atoms with Gasteiger partial charge in [-0.1, -0.05) is 60.2 Å². The zero-order valence-electron chi connectivity index (χ0n) is 12.9. The van der Waals surface area contributed by atoms with E-state index in [2.05, 4.69) is 29.6 Å². The maximum absolute atomic E-state index is 12.2. The van der Waals surface area contributed by atoms with Gasteiger partial charge in [0, 0.05) is 5.92 Å². The number of amides is 1. The van der Waals surface area contributed by atoms with Gasteiger partial charge in [0.25, 0.3) is 0 Å². The molecule has 1 fully saturated rings. The summed E-state index contributed by atoms with van der Waals surface area (Å²) in [6.07, 6.45) is 0.912. The van der Waals surface area contributed by atoms with Crippen LogP contribution in [0.4, 0.5) is 0 Å². The minimum absolute atomic E-state index is 0.0142. The molecule has 0 heterocycles. The number of hydrogen-bond donors (Lipinski definition) is 1. The van der Waals surface area contributed by atoms with Crippen LogP contribution >= 0.6 is 0 Å². The van der Waals surface area contributed by atoms with Gasteiger partial charge in [0.2, 0.25) is 5.91 Å². The van der Waals surface area contributed by atoms with Crippen LogP contribution in [0.5, 0.6) is 0 Å². The van der Waals surface area contributed by atoms with Crippen molar-refractivity contribution in [1.29, 1.82) is 0 Å². The number of benzene rings is 2. The normalized spacial score (nSPS) is 20.5. The van der Waals surface area contributed by atoms with Crippen molar-refractivity contribution in [2.75, 3.05) is 0 Å². The van der Waals surface area contributed by atoms with Crippen molar-refractivity contribution in [3.63, 3.8) is 0 Å². The van der Waals surface area contributed by atoms with E-state index in [4.69, 9.17) is 0 Å². The van der Waals surface area contributed by atoms with Crippen LogP contribution in [-0.2, 0) is 4.79 Å². The molecule has 0 aromatic heterocycles. The molecule has 0 unspecified atom stereocenters. The second-order valence-corrected chi connectivity index (χ2v) is 5.90. The van der Waals surface area contributed by atoms with Gasteiger partial charge in [0.05, 0.1) is 5.71 Å². The average Bonchev–Trinajstić information content (AvgIpc) is 3.34. The van der Waals surface area contributed by atoms with Crippen molar-refractivity contribution >= 4 is 11.6 Å². The standard InChI is InChI=1S/C19H20N2O/c1-13-8-10-15(11-9-13)14(2)20-21-19(22)18-12-17(18)16-6-4-3-5-7-16/h3-11,17-18H,12H2,1-2H3,(H,21,22)/b20-14-/t17-,18+/m0/s1. The Bertz CT molecular complexity index is 689. The molecule has 1 N–H and O–H groups in total. The molecule has 2 atom stereocenters. The van der Waals surface area contributed by atoms with Gasteiger partial charge in [-0.2, -0.15) is 5.10 Å². The third-order valence-corrected chi connectivity index (χ3v) is 4.16. The maximum Gasteiger partial charge on any atom is 0.243 e. The second kappa shape index (κ2) is 6.14. The lowest BCUT2D eigenvalue weighted by Gasteiger charge is -2.03. The molecule has 0 radical (unpaired) electrons. The SMILES string of the molecule is C/C(=N/NC(=O)[C@@H]1C[C@H]1c1ccccc1)c1ccc(C)cc1. The lowest BCUT2D eigenvalue weighted by Crippen LogP contribution is -2.21. The Labute approximate surface area is 131 Å². The van der Waals surface area contributed by atoms with Gasteiger partial charge in [0.15, 0.2) is 0 Å². The van der Waals surface area contributed by atoms with Crippen LogP contribution < -0.4 is 5.43 Å². The van der Waals surface area contributed by atoms with Crippen molar-refractivity contribution in [1.82, 2.24) is 5.43 Å². The largest absolute Gasteiger partial charge is 0.273 e. The molecule has 0 aliphatic heterocycles. The summed E-state index contributed by atoms with van der Waals surface area (Å²) in [4.78, 5) is 12.2. The Balaban J connectivity index is 1.59. The van der Waals surface area contributed by atoms with Crippen LogP contribution in [0.3, 0.4) is 0 Å². The quantitative estimate of drug-likeness (QED) is 0.678. The molecule has 3 heteroatoms. The molecule has 1 aliphatic carbocycles. The van der Waals surface area contributed by atoms with Crippen molar-refractivity contribution in [3.8, 4) is 0 Å². The molecular weight excluding hydrogens is 272 g/mol. The molecule has 0 spiro atoms. The summed E-state index contributed by atoms with van der Waals surface area (Å²) in [6, 6.07) is 18.3. The summed E-state index contributed by atoms with van der Waals surface area (Å²) in [5, 5.41) is 4.23. The van der Waals surface area contributed by atoms with Crippen LogP contribution in [0.2, 0.25) is 0 Å². The Hall–Kier alpha value is -2.42. The summed E-state index contributed by atoms with van der Waals surface area (Å²) in [5.41, 5.74) is 7.01. The van der Waals surface area contributed by atoms with Crippen molar-refractivity contribution in [2.24, 2.45) is 11.0 Å². The fraction of sp³-hybridized carbons (Fsp3) is 0.263. The average molecular weight is 292 g/mol. The van der Waals surface area contributed by atoms with E-state index in [1.54, 1.807) is 0 Å². The molecule has 0 bridgehead atoms. The summed E-state index contributed by atoms with van der Waals surface area (Å²) in [6.45, 7) is 3.96. The van der Waals surface area contributed by atoms with Gasteiger partial charge >= 0.3 is 0 Å². The lowest BCUT2D eigenvalue weighted by atomic mass is 10.1. The van der Waals surface area contributed by atoms with Crippen molar-refractivity contribution < 1.29 is 4.79 Å². The Morgan fingerprint density at radius 3 is 2.45 bits per heavy atom. The summed E-state index contributed by atoms with van der Waals surface area (Å²) in [5.74, 6) is 0.411. The van der Waals surface area contributed by atoms with E-state index in [1.807, 2.05) is 49.4 Å². The first-order valence-electron chi connectivity index (χ1n) is 7.61. The van der Waals surface area contributed by atoms with Gasteiger partial charge in [0.1, 0.15) is 0 Å². The first kappa shape index (κ1) is 14.5. The molecule has 112 valence electrons. The number of aryl methyl sites for hydroxylation is 1. The van der Waals surface area contributed by atoms with Crippen LogP contribution in [-0.4, -0.2) is 11.6 Å². The van der Waals surface area contributed by atoms with E-state index in [0.717, 1.165) is 17.7 Å². The molecule has 3 rings (SSSR count).